The molecule has 29 heavy (non-hydrogen) atoms. The van der Waals surface area contributed by atoms with Crippen LogP contribution in [0.15, 0.2) is 42.9 Å². The van der Waals surface area contributed by atoms with Gasteiger partial charge in [-0.1, -0.05) is 12.1 Å². The number of anilines is 2. The molecule has 0 atom stereocenters. The Hall–Kier alpha value is -3.37. The molecule has 0 spiro atoms. The molecule has 4 heterocycles. The first-order chi connectivity index (χ1) is 14.3. The van der Waals surface area contributed by atoms with E-state index < -0.39 is 0 Å². The number of nitrogens with zero attached hydrogens (tertiary/aromatic N) is 6. The number of nitrogens with one attached hydrogen (secondary N) is 2. The number of aromatic nitrogens is 7. The first kappa shape index (κ1) is 17.7. The van der Waals surface area contributed by atoms with Crippen molar-refractivity contribution in [2.45, 2.75) is 13.0 Å². The lowest BCUT2D eigenvalue weighted by Gasteiger charge is -2.05. The first-order valence-corrected chi connectivity index (χ1v) is 9.97. The molecule has 5 aromatic rings. The molecule has 2 N–H and O–H groups in total. The van der Waals surface area contributed by atoms with E-state index in [4.69, 9.17) is 9.72 Å². The number of hydrogen-bond donors (Lipinski definition) is 2. The highest BCUT2D eigenvalue weighted by Gasteiger charge is 2.15. The molecule has 0 saturated carbocycles. The zero-order chi connectivity index (χ0) is 19.6. The van der Waals surface area contributed by atoms with Crippen LogP contribution in [0.1, 0.15) is 6.42 Å². The fraction of sp³-hybridized carbons (Fsp3) is 0.211. The van der Waals surface area contributed by atoms with Crippen LogP contribution >= 0.6 is 11.3 Å². The molecular formula is C19H18N8OS. The van der Waals surface area contributed by atoms with Gasteiger partial charge in [0.15, 0.2) is 16.6 Å². The average Bonchev–Trinajstić information content (AvgIpc) is 3.47. The molecule has 0 saturated heterocycles. The highest BCUT2D eigenvalue weighted by atomic mass is 32.1. The van der Waals surface area contributed by atoms with Crippen LogP contribution in [0.25, 0.3) is 32.1 Å². The Morgan fingerprint density at radius 3 is 2.97 bits per heavy atom. The molecule has 1 aromatic carbocycles. The van der Waals surface area contributed by atoms with Gasteiger partial charge in [0, 0.05) is 26.5 Å². The van der Waals surface area contributed by atoms with E-state index >= 15 is 0 Å². The Bertz CT molecular complexity index is 1240. The molecule has 0 radical (unpaired) electrons. The lowest BCUT2D eigenvalue weighted by Crippen LogP contribution is -2.01. The molecule has 4 aromatic heterocycles. The van der Waals surface area contributed by atoms with Gasteiger partial charge in [0.05, 0.1) is 28.3 Å². The number of ether oxygens (including phenoxy) is 1. The van der Waals surface area contributed by atoms with Crippen molar-refractivity contribution in [3.63, 3.8) is 0 Å². The maximum atomic E-state index is 5.09. The number of benzene rings is 1. The molecule has 0 bridgehead atoms. The van der Waals surface area contributed by atoms with Crippen LogP contribution in [-0.2, 0) is 11.3 Å². The Morgan fingerprint density at radius 2 is 2.07 bits per heavy atom. The van der Waals surface area contributed by atoms with Crippen LogP contribution in [-0.4, -0.2) is 48.6 Å². The van der Waals surface area contributed by atoms with Crippen molar-refractivity contribution >= 4 is 44.1 Å². The lowest BCUT2D eigenvalue weighted by molar-refractivity contribution is 0.189. The van der Waals surface area contributed by atoms with E-state index in [0.29, 0.717) is 18.2 Å². The molecule has 0 unspecified atom stereocenters. The van der Waals surface area contributed by atoms with Crippen molar-refractivity contribution < 1.29 is 4.74 Å². The van der Waals surface area contributed by atoms with Gasteiger partial charge in [-0.15, -0.1) is 11.3 Å². The molecule has 0 aliphatic rings. The molecule has 0 fully saturated rings. The monoisotopic (exact) mass is 406 g/mol. The Morgan fingerprint density at radius 1 is 1.14 bits per heavy atom. The van der Waals surface area contributed by atoms with E-state index in [1.165, 1.54) is 0 Å². The van der Waals surface area contributed by atoms with E-state index in [9.17, 15) is 0 Å². The molecule has 10 heteroatoms. The summed E-state index contributed by atoms with van der Waals surface area (Å²) in [5, 5.41) is 15.6. The maximum absolute atomic E-state index is 5.09. The van der Waals surface area contributed by atoms with E-state index in [0.717, 1.165) is 44.9 Å². The molecular weight excluding hydrogens is 388 g/mol. The maximum Gasteiger partial charge on any atom is 0.191 e. The molecule has 0 aliphatic carbocycles. The second kappa shape index (κ2) is 7.57. The van der Waals surface area contributed by atoms with Gasteiger partial charge >= 0.3 is 0 Å². The van der Waals surface area contributed by atoms with E-state index in [1.807, 2.05) is 35.1 Å². The average molecular weight is 406 g/mol. The van der Waals surface area contributed by atoms with Crippen molar-refractivity contribution in [3.05, 3.63) is 42.9 Å². The van der Waals surface area contributed by atoms with Gasteiger partial charge in [0.1, 0.15) is 11.0 Å². The lowest BCUT2D eigenvalue weighted by atomic mass is 10.3. The van der Waals surface area contributed by atoms with Crippen molar-refractivity contribution in [3.8, 4) is 10.8 Å². The number of aromatic amines is 1. The zero-order valence-corrected chi connectivity index (χ0v) is 16.5. The fourth-order valence-electron chi connectivity index (χ4n) is 3.05. The summed E-state index contributed by atoms with van der Waals surface area (Å²) in [5.74, 6) is 1.20. The Balaban J connectivity index is 1.48. The molecule has 146 valence electrons. The van der Waals surface area contributed by atoms with Gasteiger partial charge in [-0.05, 0) is 18.6 Å². The van der Waals surface area contributed by atoms with E-state index in [2.05, 4.69) is 30.6 Å². The predicted molar refractivity (Wildman–Crippen MR) is 112 cm³/mol. The minimum absolute atomic E-state index is 0.565. The topological polar surface area (TPSA) is 106 Å². The summed E-state index contributed by atoms with van der Waals surface area (Å²) in [6, 6.07) is 8.01. The number of para-hydroxylation sites is 1. The van der Waals surface area contributed by atoms with Crippen LogP contribution in [0, 0.1) is 0 Å². The number of thiazole rings is 1. The number of fused-ring (bicyclic) bond motifs is 2. The van der Waals surface area contributed by atoms with Crippen LogP contribution in [0.5, 0.6) is 0 Å². The molecule has 0 amide bonds. The van der Waals surface area contributed by atoms with E-state index in [-0.39, 0.29) is 0 Å². The first-order valence-electron chi connectivity index (χ1n) is 9.15. The number of H-pyrrole nitrogens is 1. The third kappa shape index (κ3) is 3.55. The van der Waals surface area contributed by atoms with Gasteiger partial charge in [-0.2, -0.15) is 10.2 Å². The quantitative estimate of drug-likeness (QED) is 0.398. The van der Waals surface area contributed by atoms with E-state index in [1.54, 1.807) is 30.8 Å². The van der Waals surface area contributed by atoms with Gasteiger partial charge in [-0.3, -0.25) is 9.78 Å². The van der Waals surface area contributed by atoms with Gasteiger partial charge < -0.3 is 10.1 Å². The van der Waals surface area contributed by atoms with Crippen LogP contribution < -0.4 is 5.32 Å². The minimum atomic E-state index is 0.565. The summed E-state index contributed by atoms with van der Waals surface area (Å²) >= 11 is 1.57. The molecule has 9 nitrogen and oxygen atoms in total. The summed E-state index contributed by atoms with van der Waals surface area (Å²) in [7, 11) is 1.70. The summed E-state index contributed by atoms with van der Waals surface area (Å²) in [6.45, 7) is 1.49. The second-order valence-corrected chi connectivity index (χ2v) is 7.51. The number of methoxy groups -OCH3 is 1. The van der Waals surface area contributed by atoms with Crippen LogP contribution in [0.4, 0.5) is 11.5 Å². The predicted octanol–water partition coefficient (Wildman–Crippen LogP) is 3.61. The highest BCUT2D eigenvalue weighted by Crippen LogP contribution is 2.31. The third-order valence-corrected chi connectivity index (χ3v) is 5.45. The number of rotatable bonds is 7. The molecule has 5 rings (SSSR count). The summed E-state index contributed by atoms with van der Waals surface area (Å²) < 4.78 is 8.07. The van der Waals surface area contributed by atoms with Crippen LogP contribution in [0.2, 0.25) is 0 Å². The summed E-state index contributed by atoms with van der Waals surface area (Å²) in [4.78, 5) is 14.0. The normalized spacial score (nSPS) is 11.5. The smallest absolute Gasteiger partial charge is 0.191 e. The third-order valence-electron chi connectivity index (χ3n) is 4.42. The number of hydrogen-bond acceptors (Lipinski definition) is 8. The molecule has 0 aliphatic heterocycles. The van der Waals surface area contributed by atoms with Gasteiger partial charge in [0.2, 0.25) is 0 Å². The summed E-state index contributed by atoms with van der Waals surface area (Å²) in [6.07, 6.45) is 6.30. The minimum Gasteiger partial charge on any atom is -0.385 e. The summed E-state index contributed by atoms with van der Waals surface area (Å²) in [5.41, 5.74) is 3.24. The van der Waals surface area contributed by atoms with Crippen molar-refractivity contribution in [2.75, 3.05) is 19.0 Å². The highest BCUT2D eigenvalue weighted by molar-refractivity contribution is 7.21. The SMILES string of the molecule is COCCCn1cc(Nc2nc(-c3nc4ccccc4s3)nc3cn[nH]c23)cn1. The fourth-order valence-corrected chi connectivity index (χ4v) is 3.95. The van der Waals surface area contributed by atoms with Crippen LogP contribution in [0.3, 0.4) is 0 Å². The largest absolute Gasteiger partial charge is 0.385 e. The second-order valence-electron chi connectivity index (χ2n) is 6.48. The van der Waals surface area contributed by atoms with Crippen molar-refractivity contribution in [2.24, 2.45) is 0 Å². The van der Waals surface area contributed by atoms with Crippen molar-refractivity contribution in [1.82, 2.24) is 34.9 Å². The number of aryl methyl sites for hydroxylation is 1. The van der Waals surface area contributed by atoms with Crippen molar-refractivity contribution in [1.29, 1.82) is 0 Å². The Kier molecular flexibility index (Phi) is 4.62. The standard InChI is InChI=1S/C19H18N8OS/c1-28-8-4-7-27-11-12(9-21-27)22-17-16-14(10-20-26-16)23-18(25-17)19-24-13-5-2-3-6-15(13)29-19/h2-3,5-6,9-11H,4,7-8H2,1H3,(H,20,26)(H,22,23,25). The van der Waals surface area contributed by atoms with Gasteiger partial charge in [-0.25, -0.2) is 15.0 Å². The zero-order valence-electron chi connectivity index (χ0n) is 15.7. The van der Waals surface area contributed by atoms with Gasteiger partial charge in [0.25, 0.3) is 0 Å². The Labute approximate surface area is 169 Å².